The molecule has 2 fully saturated rings. The standard InChI is InChI=1S/C21H29Cl2N3O5S/c1-21(2,3)32(30)25-19(13-8-14(22)15(23)9-16(13)27)12-4-6-26(7-5-12)20(29)17-10-24-18(28)11-31-17/h8-9,12,17,19,25,27H,4-7,10-11H2,1-3H3,(H,24,28)/t17?,19-,32+/m1/s1. The summed E-state index contributed by atoms with van der Waals surface area (Å²) >= 11 is 12.2. The minimum absolute atomic E-state index is 0.000434. The van der Waals surface area contributed by atoms with Gasteiger partial charge in [0.15, 0.2) is 6.10 Å². The summed E-state index contributed by atoms with van der Waals surface area (Å²) in [6.45, 7) is 6.63. The molecular weight excluding hydrogens is 477 g/mol. The predicted octanol–water partition coefficient (Wildman–Crippen LogP) is 2.55. The van der Waals surface area contributed by atoms with E-state index in [1.165, 1.54) is 6.07 Å². The summed E-state index contributed by atoms with van der Waals surface area (Å²) in [5.41, 5.74) is 0.528. The Morgan fingerprint density at radius 3 is 2.47 bits per heavy atom. The van der Waals surface area contributed by atoms with Crippen molar-refractivity contribution in [3.8, 4) is 5.75 Å². The van der Waals surface area contributed by atoms with Gasteiger partial charge in [0.05, 0.1) is 38.4 Å². The van der Waals surface area contributed by atoms with Gasteiger partial charge in [-0.05, 0) is 45.6 Å². The Morgan fingerprint density at radius 2 is 1.91 bits per heavy atom. The minimum atomic E-state index is -1.39. The smallest absolute Gasteiger partial charge is 0.253 e. The molecule has 3 atom stereocenters. The molecule has 2 aliphatic heterocycles. The lowest BCUT2D eigenvalue weighted by molar-refractivity contribution is -0.151. The van der Waals surface area contributed by atoms with Crippen molar-refractivity contribution in [1.82, 2.24) is 14.9 Å². The highest BCUT2D eigenvalue weighted by molar-refractivity contribution is 7.84. The number of nitrogens with zero attached hydrogens (tertiary/aromatic N) is 1. The van der Waals surface area contributed by atoms with E-state index in [0.29, 0.717) is 36.5 Å². The van der Waals surface area contributed by atoms with E-state index in [1.807, 2.05) is 20.8 Å². The number of ether oxygens (including phenoxy) is 1. The number of phenolic OH excluding ortho intramolecular Hbond substituents is 1. The number of amides is 2. The van der Waals surface area contributed by atoms with Gasteiger partial charge in [-0.2, -0.15) is 0 Å². The number of rotatable bonds is 5. The Kier molecular flexibility index (Phi) is 8.09. The van der Waals surface area contributed by atoms with E-state index in [9.17, 15) is 18.9 Å². The maximum absolute atomic E-state index is 12.9. The summed E-state index contributed by atoms with van der Waals surface area (Å²) in [5.74, 6) is -0.397. The zero-order valence-corrected chi connectivity index (χ0v) is 20.6. The monoisotopic (exact) mass is 505 g/mol. The zero-order valence-electron chi connectivity index (χ0n) is 18.3. The number of nitrogens with one attached hydrogen (secondary N) is 2. The zero-order chi connectivity index (χ0) is 23.6. The first-order valence-corrected chi connectivity index (χ1v) is 12.4. The summed E-state index contributed by atoms with van der Waals surface area (Å²) in [6, 6.07) is 2.56. The van der Waals surface area contributed by atoms with E-state index in [4.69, 9.17) is 27.9 Å². The summed E-state index contributed by atoms with van der Waals surface area (Å²) in [7, 11) is -1.39. The van der Waals surface area contributed by atoms with Crippen LogP contribution in [0.5, 0.6) is 5.75 Å². The van der Waals surface area contributed by atoms with Crippen molar-refractivity contribution >= 4 is 46.0 Å². The van der Waals surface area contributed by atoms with Gasteiger partial charge in [0.1, 0.15) is 12.4 Å². The van der Waals surface area contributed by atoms with Gasteiger partial charge in [0.2, 0.25) is 5.91 Å². The average Bonchev–Trinajstić information content (AvgIpc) is 2.74. The number of hydrogen-bond donors (Lipinski definition) is 3. The fourth-order valence-electron chi connectivity index (χ4n) is 3.81. The van der Waals surface area contributed by atoms with Crippen LogP contribution in [0.25, 0.3) is 0 Å². The second-order valence-corrected chi connectivity index (χ2v) is 11.9. The number of aromatic hydroxyl groups is 1. The average molecular weight is 506 g/mol. The number of benzene rings is 1. The molecule has 2 amide bonds. The number of carbonyl (C=O) groups excluding carboxylic acids is 2. The second-order valence-electron chi connectivity index (χ2n) is 9.07. The Balaban J connectivity index is 1.75. The maximum Gasteiger partial charge on any atom is 0.253 e. The number of piperidine rings is 1. The van der Waals surface area contributed by atoms with Gasteiger partial charge in [-0.1, -0.05) is 23.2 Å². The number of likely N-dealkylation sites (tertiary alicyclic amines) is 1. The lowest BCUT2D eigenvalue weighted by Crippen LogP contribution is -2.53. The minimum Gasteiger partial charge on any atom is -0.508 e. The summed E-state index contributed by atoms with van der Waals surface area (Å²) in [4.78, 5) is 25.8. The molecule has 0 aliphatic carbocycles. The van der Waals surface area contributed by atoms with Gasteiger partial charge in [0.25, 0.3) is 5.91 Å². The molecule has 0 saturated carbocycles. The van der Waals surface area contributed by atoms with Gasteiger partial charge < -0.3 is 20.1 Å². The molecule has 3 rings (SSSR count). The fourth-order valence-corrected chi connectivity index (χ4v) is 5.05. The molecule has 8 nitrogen and oxygen atoms in total. The van der Waals surface area contributed by atoms with Crippen molar-refractivity contribution in [2.24, 2.45) is 5.92 Å². The van der Waals surface area contributed by atoms with E-state index < -0.39 is 27.9 Å². The van der Waals surface area contributed by atoms with Crippen LogP contribution in [-0.4, -0.2) is 63.1 Å². The first-order chi connectivity index (χ1) is 15.0. The van der Waals surface area contributed by atoms with Gasteiger partial charge in [-0.3, -0.25) is 9.59 Å². The van der Waals surface area contributed by atoms with Crippen LogP contribution in [0.15, 0.2) is 12.1 Å². The van der Waals surface area contributed by atoms with Crippen LogP contribution in [-0.2, 0) is 25.3 Å². The van der Waals surface area contributed by atoms with E-state index in [-0.39, 0.29) is 41.7 Å². The third-order valence-electron chi connectivity index (χ3n) is 5.69. The Labute approximate surface area is 200 Å². The van der Waals surface area contributed by atoms with Crippen molar-refractivity contribution in [1.29, 1.82) is 0 Å². The van der Waals surface area contributed by atoms with Crippen molar-refractivity contribution in [2.75, 3.05) is 26.2 Å². The number of halogens is 2. The molecule has 178 valence electrons. The maximum atomic E-state index is 12.9. The van der Waals surface area contributed by atoms with Crippen LogP contribution < -0.4 is 10.0 Å². The third-order valence-corrected chi connectivity index (χ3v) is 8.00. The van der Waals surface area contributed by atoms with E-state index in [0.717, 1.165) is 0 Å². The molecule has 1 aromatic carbocycles. The quantitative estimate of drug-likeness (QED) is 0.569. The number of phenols is 1. The third kappa shape index (κ3) is 5.94. The van der Waals surface area contributed by atoms with Crippen LogP contribution in [0.1, 0.15) is 45.2 Å². The van der Waals surface area contributed by atoms with E-state index in [2.05, 4.69) is 10.0 Å². The summed E-state index contributed by atoms with van der Waals surface area (Å²) < 4.78 is 20.9. The van der Waals surface area contributed by atoms with Crippen molar-refractivity contribution in [3.63, 3.8) is 0 Å². The first kappa shape index (κ1) is 25.2. The van der Waals surface area contributed by atoms with Crippen LogP contribution in [0, 0.1) is 5.92 Å². The molecule has 2 heterocycles. The van der Waals surface area contributed by atoms with Gasteiger partial charge in [-0.15, -0.1) is 0 Å². The van der Waals surface area contributed by atoms with Gasteiger partial charge in [0, 0.05) is 24.7 Å². The number of carbonyl (C=O) groups is 2. The Morgan fingerprint density at radius 1 is 1.28 bits per heavy atom. The molecular formula is C21H29Cl2N3O5S. The topological polar surface area (TPSA) is 108 Å². The Bertz CT molecular complexity index is 890. The summed E-state index contributed by atoms with van der Waals surface area (Å²) in [6.07, 6.45) is 0.582. The normalized spacial score (nSPS) is 22.3. The molecule has 1 aromatic rings. The largest absolute Gasteiger partial charge is 0.508 e. The molecule has 2 aliphatic rings. The van der Waals surface area contributed by atoms with Crippen LogP contribution in [0.3, 0.4) is 0 Å². The lowest BCUT2D eigenvalue weighted by atomic mass is 9.85. The van der Waals surface area contributed by atoms with Crippen molar-refractivity contribution in [3.05, 3.63) is 27.7 Å². The fraction of sp³-hybridized carbons (Fsp3) is 0.619. The lowest BCUT2D eigenvalue weighted by Gasteiger charge is -2.39. The van der Waals surface area contributed by atoms with E-state index >= 15 is 0 Å². The van der Waals surface area contributed by atoms with Crippen LogP contribution in [0.2, 0.25) is 10.0 Å². The SMILES string of the molecule is CC(C)(C)[S@](=O)N[C@@H](c1cc(Cl)c(Cl)cc1O)C1CCN(C(=O)C2CNC(=O)CO2)CC1. The molecule has 0 radical (unpaired) electrons. The second kappa shape index (κ2) is 10.3. The molecule has 11 heteroatoms. The molecule has 0 bridgehead atoms. The van der Waals surface area contributed by atoms with Crippen molar-refractivity contribution in [2.45, 2.75) is 50.5 Å². The predicted molar refractivity (Wildman–Crippen MR) is 124 cm³/mol. The van der Waals surface area contributed by atoms with Crippen LogP contribution in [0.4, 0.5) is 0 Å². The van der Waals surface area contributed by atoms with Gasteiger partial charge >= 0.3 is 0 Å². The highest BCUT2D eigenvalue weighted by Gasteiger charge is 2.36. The van der Waals surface area contributed by atoms with E-state index in [1.54, 1.807) is 11.0 Å². The first-order valence-electron chi connectivity index (χ1n) is 10.5. The number of morpholine rings is 1. The summed E-state index contributed by atoms with van der Waals surface area (Å²) in [5, 5.41) is 13.8. The highest BCUT2D eigenvalue weighted by atomic mass is 35.5. The number of hydrogen-bond acceptors (Lipinski definition) is 5. The molecule has 0 aromatic heterocycles. The highest BCUT2D eigenvalue weighted by Crippen LogP contribution is 2.39. The van der Waals surface area contributed by atoms with Crippen LogP contribution >= 0.6 is 23.2 Å². The molecule has 2 saturated heterocycles. The van der Waals surface area contributed by atoms with Gasteiger partial charge in [-0.25, -0.2) is 8.93 Å². The molecule has 32 heavy (non-hydrogen) atoms. The molecule has 3 N–H and O–H groups in total. The van der Waals surface area contributed by atoms with Crippen molar-refractivity contribution < 1.29 is 23.6 Å². The molecule has 0 spiro atoms. The Hall–Kier alpha value is -1.39. The molecule has 1 unspecified atom stereocenters.